The minimum Gasteiger partial charge on any atom is -0.135 e. The molecule has 44 heavy (non-hydrogen) atoms. The summed E-state index contributed by atoms with van der Waals surface area (Å²) >= 11 is 3.78. The molecular weight excluding hydrogens is 569 g/mol. The van der Waals surface area contributed by atoms with Crippen molar-refractivity contribution in [2.45, 2.75) is 0 Å². The van der Waals surface area contributed by atoms with Crippen LogP contribution in [0.1, 0.15) is 0 Å². The topological polar surface area (TPSA) is 0 Å². The number of benzene rings is 8. The molecule has 0 amide bonds. The molecule has 8 aromatic carbocycles. The van der Waals surface area contributed by atoms with Gasteiger partial charge in [0.05, 0.1) is 0 Å². The van der Waals surface area contributed by atoms with Gasteiger partial charge in [-0.05, 0) is 84.9 Å². The fraction of sp³-hybridized carbons (Fsp3) is 0. The van der Waals surface area contributed by atoms with E-state index in [-0.39, 0.29) is 0 Å². The number of rotatable bonds is 2. The average molecular weight is 593 g/mol. The van der Waals surface area contributed by atoms with Gasteiger partial charge in [-0.15, -0.1) is 22.7 Å². The van der Waals surface area contributed by atoms with E-state index in [1.807, 2.05) is 22.7 Å². The lowest BCUT2D eigenvalue weighted by Crippen LogP contribution is -1.90. The summed E-state index contributed by atoms with van der Waals surface area (Å²) in [6.45, 7) is 0. The van der Waals surface area contributed by atoms with Gasteiger partial charge in [0.2, 0.25) is 0 Å². The van der Waals surface area contributed by atoms with Gasteiger partial charge in [0.25, 0.3) is 0 Å². The van der Waals surface area contributed by atoms with Crippen LogP contribution in [0.2, 0.25) is 0 Å². The van der Waals surface area contributed by atoms with E-state index in [0.29, 0.717) is 0 Å². The van der Waals surface area contributed by atoms with Crippen LogP contribution in [-0.4, -0.2) is 0 Å². The van der Waals surface area contributed by atoms with E-state index in [2.05, 4.69) is 146 Å². The van der Waals surface area contributed by atoms with Crippen LogP contribution in [0.4, 0.5) is 0 Å². The second-order valence-corrected chi connectivity index (χ2v) is 13.8. The van der Waals surface area contributed by atoms with Gasteiger partial charge in [-0.1, -0.05) is 115 Å². The van der Waals surface area contributed by atoms with Crippen molar-refractivity contribution in [3.05, 3.63) is 146 Å². The molecule has 204 valence electrons. The molecule has 10 rings (SSSR count). The average Bonchev–Trinajstić information content (AvgIpc) is 3.65. The molecule has 2 heteroatoms. The Kier molecular flexibility index (Phi) is 5.13. The lowest BCUT2D eigenvalue weighted by Gasteiger charge is -2.18. The maximum Gasteiger partial charge on any atom is 0.0361 e. The van der Waals surface area contributed by atoms with E-state index in [4.69, 9.17) is 0 Å². The van der Waals surface area contributed by atoms with Gasteiger partial charge < -0.3 is 0 Å². The second kappa shape index (κ2) is 9.24. The number of hydrogen-bond acceptors (Lipinski definition) is 2. The molecule has 0 saturated carbocycles. The van der Waals surface area contributed by atoms with E-state index in [1.54, 1.807) is 0 Å². The van der Waals surface area contributed by atoms with Crippen molar-refractivity contribution in [1.82, 2.24) is 0 Å². The molecule has 0 radical (unpaired) electrons. The zero-order chi connectivity index (χ0) is 28.8. The van der Waals surface area contributed by atoms with Crippen molar-refractivity contribution in [1.29, 1.82) is 0 Å². The molecule has 0 saturated heterocycles. The van der Waals surface area contributed by atoms with Gasteiger partial charge in [-0.25, -0.2) is 0 Å². The fourth-order valence-electron chi connectivity index (χ4n) is 7.33. The van der Waals surface area contributed by atoms with Gasteiger partial charge >= 0.3 is 0 Å². The third-order valence-corrected chi connectivity index (χ3v) is 11.5. The highest BCUT2D eigenvalue weighted by atomic mass is 32.1. The van der Waals surface area contributed by atoms with E-state index in [1.165, 1.54) is 94.9 Å². The molecule has 0 N–H and O–H groups in total. The summed E-state index contributed by atoms with van der Waals surface area (Å²) in [4.78, 5) is 0. The van der Waals surface area contributed by atoms with Gasteiger partial charge in [-0.3, -0.25) is 0 Å². The molecule has 0 aliphatic carbocycles. The molecule has 0 bridgehead atoms. The second-order valence-electron chi connectivity index (χ2n) is 11.6. The van der Waals surface area contributed by atoms with Crippen LogP contribution in [0, 0.1) is 0 Å². The monoisotopic (exact) mass is 592 g/mol. The Balaban J connectivity index is 1.27. The summed E-state index contributed by atoms with van der Waals surface area (Å²) in [5, 5.41) is 13.2. The van der Waals surface area contributed by atoms with E-state index < -0.39 is 0 Å². The highest BCUT2D eigenvalue weighted by molar-refractivity contribution is 7.26. The van der Waals surface area contributed by atoms with Crippen LogP contribution in [0.3, 0.4) is 0 Å². The molecule has 2 heterocycles. The molecule has 0 aliphatic rings. The number of fused-ring (bicyclic) bond motifs is 10. The van der Waals surface area contributed by atoms with Crippen molar-refractivity contribution in [3.8, 4) is 22.3 Å². The highest BCUT2D eigenvalue weighted by Crippen LogP contribution is 2.47. The van der Waals surface area contributed by atoms with Crippen LogP contribution >= 0.6 is 22.7 Å². The van der Waals surface area contributed by atoms with Crippen molar-refractivity contribution in [3.63, 3.8) is 0 Å². The van der Waals surface area contributed by atoms with Crippen LogP contribution in [0.5, 0.6) is 0 Å². The molecule has 10 aromatic rings. The van der Waals surface area contributed by atoms with Crippen LogP contribution in [-0.2, 0) is 0 Å². The maximum absolute atomic E-state index is 2.42. The summed E-state index contributed by atoms with van der Waals surface area (Å²) in [7, 11) is 0. The summed E-state index contributed by atoms with van der Waals surface area (Å²) in [5.74, 6) is 0. The normalized spacial score (nSPS) is 12.1. The smallest absolute Gasteiger partial charge is 0.0361 e. The van der Waals surface area contributed by atoms with Gasteiger partial charge in [0.1, 0.15) is 0 Å². The maximum atomic E-state index is 2.42. The SMILES string of the molecule is c1ccc2c(c1)ccc1sc3cc(-c4c5ccccc5c(-c5ccc6sc7ccccc7c6c5)c5ccccc45)ccc3c12. The fourth-order valence-corrected chi connectivity index (χ4v) is 9.58. The summed E-state index contributed by atoms with van der Waals surface area (Å²) in [6.07, 6.45) is 0. The lowest BCUT2D eigenvalue weighted by atomic mass is 9.85. The van der Waals surface area contributed by atoms with E-state index in [0.717, 1.165) is 0 Å². The Morgan fingerprint density at radius 1 is 0.295 bits per heavy atom. The Labute approximate surface area is 262 Å². The van der Waals surface area contributed by atoms with Gasteiger partial charge in [0.15, 0.2) is 0 Å². The molecule has 0 fully saturated rings. The molecule has 0 atom stereocenters. The third-order valence-electron chi connectivity index (χ3n) is 9.25. The standard InChI is InChI=1S/C42H24S2/c1-2-10-28-25(9-1)18-22-38-42(28)34-20-17-27(24-39(34)44-38)41-32-14-5-3-12-30(32)40(31-13-4-6-15-33(31)41)26-19-21-37-35(23-26)29-11-7-8-16-36(29)43-37/h1-24H. The van der Waals surface area contributed by atoms with Crippen molar-refractivity contribution < 1.29 is 0 Å². The minimum atomic E-state index is 1.27. The lowest BCUT2D eigenvalue weighted by molar-refractivity contribution is 1.70. The van der Waals surface area contributed by atoms with Gasteiger partial charge in [-0.2, -0.15) is 0 Å². The molecule has 0 spiro atoms. The molecule has 0 unspecified atom stereocenters. The Morgan fingerprint density at radius 3 is 1.55 bits per heavy atom. The number of hydrogen-bond donors (Lipinski definition) is 0. The molecule has 0 aliphatic heterocycles. The Hall–Kier alpha value is -5.02. The predicted octanol–water partition coefficient (Wildman–Crippen LogP) is 13.2. The Morgan fingerprint density at radius 2 is 0.818 bits per heavy atom. The first kappa shape index (κ1) is 24.4. The first-order chi connectivity index (χ1) is 21.8. The summed E-state index contributed by atoms with van der Waals surface area (Å²) < 4.78 is 5.36. The number of thiophene rings is 2. The Bertz CT molecular complexity index is 2720. The van der Waals surface area contributed by atoms with Crippen LogP contribution in [0.25, 0.3) is 94.9 Å². The van der Waals surface area contributed by atoms with E-state index in [9.17, 15) is 0 Å². The molecular formula is C42H24S2. The first-order valence-electron chi connectivity index (χ1n) is 15.0. The summed E-state index contributed by atoms with van der Waals surface area (Å²) in [5.41, 5.74) is 5.16. The third kappa shape index (κ3) is 3.44. The zero-order valence-corrected chi connectivity index (χ0v) is 25.3. The van der Waals surface area contributed by atoms with Crippen molar-refractivity contribution in [2.75, 3.05) is 0 Å². The predicted molar refractivity (Wildman–Crippen MR) is 196 cm³/mol. The largest absolute Gasteiger partial charge is 0.135 e. The van der Waals surface area contributed by atoms with E-state index >= 15 is 0 Å². The zero-order valence-electron chi connectivity index (χ0n) is 23.7. The molecule has 0 nitrogen and oxygen atoms in total. The quantitative estimate of drug-likeness (QED) is 0.175. The van der Waals surface area contributed by atoms with Crippen LogP contribution in [0.15, 0.2) is 146 Å². The van der Waals surface area contributed by atoms with Gasteiger partial charge in [0, 0.05) is 40.3 Å². The summed E-state index contributed by atoms with van der Waals surface area (Å²) in [6, 6.07) is 54.2. The first-order valence-corrected chi connectivity index (χ1v) is 16.6. The molecule has 2 aromatic heterocycles. The highest BCUT2D eigenvalue weighted by Gasteiger charge is 2.18. The van der Waals surface area contributed by atoms with Crippen LogP contribution < -0.4 is 0 Å². The minimum absolute atomic E-state index is 1.27. The van der Waals surface area contributed by atoms with Crippen molar-refractivity contribution >= 4 is 95.3 Å². The van der Waals surface area contributed by atoms with Crippen molar-refractivity contribution in [2.24, 2.45) is 0 Å².